The Kier molecular flexibility index (Phi) is 10.5. The molecule has 2 fully saturated rings. The molecule has 3 rings (SSSR count). The fourth-order valence-electron chi connectivity index (χ4n) is 3.74. The van der Waals surface area contributed by atoms with Gasteiger partial charge in [-0.3, -0.25) is 4.79 Å². The number of piperidine rings is 1. The van der Waals surface area contributed by atoms with Gasteiger partial charge in [-0.2, -0.15) is 0 Å². The Bertz CT molecular complexity index is 605. The number of rotatable bonds is 4. The number of hydrogen-bond donors (Lipinski definition) is 1. The lowest BCUT2D eigenvalue weighted by Crippen LogP contribution is -2.49. The SMILES string of the molecule is CC(CC(=O)N1CCN(c2ncc(Cl)cc2Cl)CC1)C1CCCNC1.Cl.Cl. The van der Waals surface area contributed by atoms with Gasteiger partial charge in [0.15, 0.2) is 0 Å². The van der Waals surface area contributed by atoms with E-state index in [0.29, 0.717) is 28.3 Å². The number of carbonyl (C=O) groups excluding carboxylic acids is 1. The van der Waals surface area contributed by atoms with Crippen molar-refractivity contribution in [1.29, 1.82) is 0 Å². The van der Waals surface area contributed by atoms with Gasteiger partial charge in [-0.15, -0.1) is 24.8 Å². The van der Waals surface area contributed by atoms with Crippen LogP contribution >= 0.6 is 48.0 Å². The smallest absolute Gasteiger partial charge is 0.222 e. The van der Waals surface area contributed by atoms with Crippen LogP contribution in [0.1, 0.15) is 26.2 Å². The van der Waals surface area contributed by atoms with Gasteiger partial charge < -0.3 is 15.1 Å². The Morgan fingerprint density at radius 3 is 2.59 bits per heavy atom. The van der Waals surface area contributed by atoms with Crippen molar-refractivity contribution in [3.05, 3.63) is 22.3 Å². The first-order valence-corrected chi connectivity index (χ1v) is 9.84. The maximum absolute atomic E-state index is 12.6. The molecule has 154 valence electrons. The molecule has 2 aliphatic heterocycles. The summed E-state index contributed by atoms with van der Waals surface area (Å²) in [6.45, 7) is 7.30. The number of aromatic nitrogens is 1. The molecule has 2 aliphatic rings. The Labute approximate surface area is 184 Å². The lowest BCUT2D eigenvalue weighted by atomic mass is 9.85. The van der Waals surface area contributed by atoms with E-state index >= 15 is 0 Å². The molecule has 3 heterocycles. The molecule has 0 bridgehead atoms. The minimum atomic E-state index is 0. The highest BCUT2D eigenvalue weighted by Gasteiger charge is 2.27. The number of pyridine rings is 1. The summed E-state index contributed by atoms with van der Waals surface area (Å²) >= 11 is 12.2. The second-order valence-electron chi connectivity index (χ2n) is 7.11. The van der Waals surface area contributed by atoms with Crippen molar-refractivity contribution in [2.24, 2.45) is 11.8 Å². The van der Waals surface area contributed by atoms with Crippen LogP contribution in [0.3, 0.4) is 0 Å². The number of carbonyl (C=O) groups is 1. The van der Waals surface area contributed by atoms with Crippen LogP contribution in [-0.4, -0.2) is 55.1 Å². The molecule has 1 N–H and O–H groups in total. The summed E-state index contributed by atoms with van der Waals surface area (Å²) < 4.78 is 0. The van der Waals surface area contributed by atoms with E-state index in [0.717, 1.165) is 45.1 Å². The van der Waals surface area contributed by atoms with Crippen molar-refractivity contribution >= 4 is 59.7 Å². The van der Waals surface area contributed by atoms with Gasteiger partial charge in [-0.05, 0) is 43.8 Å². The molecule has 0 aromatic carbocycles. The summed E-state index contributed by atoms with van der Waals surface area (Å²) in [5, 5.41) is 4.54. The van der Waals surface area contributed by atoms with Gasteiger partial charge in [0.05, 0.1) is 10.0 Å². The molecule has 2 unspecified atom stereocenters. The molecule has 2 atom stereocenters. The summed E-state index contributed by atoms with van der Waals surface area (Å²) in [4.78, 5) is 21.1. The second-order valence-corrected chi connectivity index (χ2v) is 7.96. The zero-order valence-electron chi connectivity index (χ0n) is 15.5. The monoisotopic (exact) mass is 456 g/mol. The van der Waals surface area contributed by atoms with Crippen molar-refractivity contribution in [3.63, 3.8) is 0 Å². The van der Waals surface area contributed by atoms with Gasteiger partial charge in [0.1, 0.15) is 5.82 Å². The molecular weight excluding hydrogens is 430 g/mol. The maximum atomic E-state index is 12.6. The van der Waals surface area contributed by atoms with Crippen molar-refractivity contribution in [2.75, 3.05) is 44.2 Å². The standard InChI is InChI=1S/C18H26Cl2N4O.2ClH/c1-13(14-3-2-4-21-11-14)9-17(25)23-5-7-24(8-6-23)18-16(20)10-15(19)12-22-18;;/h10,12-14,21H,2-9,11H2,1H3;2*1H. The quantitative estimate of drug-likeness (QED) is 0.744. The van der Waals surface area contributed by atoms with Crippen LogP contribution in [0.2, 0.25) is 10.0 Å². The van der Waals surface area contributed by atoms with Gasteiger partial charge in [0.25, 0.3) is 0 Å². The number of amides is 1. The van der Waals surface area contributed by atoms with Crippen LogP contribution in [0.15, 0.2) is 12.3 Å². The Morgan fingerprint density at radius 2 is 2.00 bits per heavy atom. The molecule has 0 saturated carbocycles. The fourth-order valence-corrected chi connectivity index (χ4v) is 4.24. The van der Waals surface area contributed by atoms with E-state index in [-0.39, 0.29) is 30.7 Å². The first kappa shape index (κ1) is 24.6. The Morgan fingerprint density at radius 1 is 1.30 bits per heavy atom. The normalized spacial score (nSPS) is 21.1. The number of piperazine rings is 1. The van der Waals surface area contributed by atoms with Crippen molar-refractivity contribution in [3.8, 4) is 0 Å². The Balaban J connectivity index is 0.00000182. The van der Waals surface area contributed by atoms with Gasteiger partial charge in [-0.1, -0.05) is 30.1 Å². The van der Waals surface area contributed by atoms with E-state index in [1.165, 1.54) is 12.8 Å². The summed E-state index contributed by atoms with van der Waals surface area (Å²) in [7, 11) is 0. The lowest BCUT2D eigenvalue weighted by molar-refractivity contribution is -0.132. The number of halogens is 4. The summed E-state index contributed by atoms with van der Waals surface area (Å²) in [6.07, 6.45) is 4.71. The van der Waals surface area contributed by atoms with Crippen LogP contribution < -0.4 is 10.2 Å². The molecule has 0 radical (unpaired) electrons. The molecule has 9 heteroatoms. The summed E-state index contributed by atoms with van der Waals surface area (Å²) in [5.41, 5.74) is 0. The van der Waals surface area contributed by atoms with E-state index in [4.69, 9.17) is 23.2 Å². The molecular formula is C18H28Cl4N4O. The van der Waals surface area contributed by atoms with Gasteiger partial charge in [0, 0.05) is 38.8 Å². The highest BCUT2D eigenvalue weighted by molar-refractivity contribution is 6.36. The predicted octanol–water partition coefficient (Wildman–Crippen LogP) is 3.91. The van der Waals surface area contributed by atoms with Crippen molar-refractivity contribution < 1.29 is 4.79 Å². The van der Waals surface area contributed by atoms with Crippen LogP contribution in [0, 0.1) is 11.8 Å². The fraction of sp³-hybridized carbons (Fsp3) is 0.667. The van der Waals surface area contributed by atoms with E-state index in [1.807, 2.05) is 4.90 Å². The first-order valence-electron chi connectivity index (χ1n) is 9.09. The third kappa shape index (κ3) is 6.53. The van der Waals surface area contributed by atoms with Crippen LogP contribution in [-0.2, 0) is 4.79 Å². The lowest BCUT2D eigenvalue weighted by Gasteiger charge is -2.37. The molecule has 2 saturated heterocycles. The third-order valence-corrected chi connectivity index (χ3v) is 5.84. The number of nitrogens with zero attached hydrogens (tertiary/aromatic N) is 3. The number of nitrogens with one attached hydrogen (secondary N) is 1. The van der Waals surface area contributed by atoms with E-state index < -0.39 is 0 Å². The van der Waals surface area contributed by atoms with Gasteiger partial charge in [0.2, 0.25) is 5.91 Å². The van der Waals surface area contributed by atoms with E-state index in [1.54, 1.807) is 12.3 Å². The highest BCUT2D eigenvalue weighted by Crippen LogP contribution is 2.27. The summed E-state index contributed by atoms with van der Waals surface area (Å²) in [6, 6.07) is 1.71. The van der Waals surface area contributed by atoms with E-state index in [2.05, 4.69) is 22.1 Å². The molecule has 1 aromatic heterocycles. The van der Waals surface area contributed by atoms with Crippen molar-refractivity contribution in [2.45, 2.75) is 26.2 Å². The second kappa shape index (κ2) is 11.5. The third-order valence-electron chi connectivity index (χ3n) is 5.36. The molecule has 0 aliphatic carbocycles. The topological polar surface area (TPSA) is 48.5 Å². The molecule has 1 aromatic rings. The minimum Gasteiger partial charge on any atom is -0.352 e. The zero-order chi connectivity index (χ0) is 17.8. The first-order chi connectivity index (χ1) is 12.0. The molecule has 27 heavy (non-hydrogen) atoms. The largest absolute Gasteiger partial charge is 0.352 e. The van der Waals surface area contributed by atoms with Crippen LogP contribution in [0.4, 0.5) is 5.82 Å². The van der Waals surface area contributed by atoms with Gasteiger partial charge in [-0.25, -0.2) is 4.98 Å². The highest BCUT2D eigenvalue weighted by atomic mass is 35.5. The number of hydrogen-bond acceptors (Lipinski definition) is 4. The predicted molar refractivity (Wildman–Crippen MR) is 117 cm³/mol. The molecule has 0 spiro atoms. The maximum Gasteiger partial charge on any atom is 0.222 e. The Hall–Kier alpha value is -0.460. The summed E-state index contributed by atoms with van der Waals surface area (Å²) in [5.74, 6) is 2.08. The molecule has 5 nitrogen and oxygen atoms in total. The van der Waals surface area contributed by atoms with E-state index in [9.17, 15) is 4.79 Å². The minimum absolute atomic E-state index is 0. The average molecular weight is 458 g/mol. The zero-order valence-corrected chi connectivity index (χ0v) is 18.6. The van der Waals surface area contributed by atoms with Crippen molar-refractivity contribution in [1.82, 2.24) is 15.2 Å². The van der Waals surface area contributed by atoms with Crippen LogP contribution in [0.5, 0.6) is 0 Å². The number of anilines is 1. The van der Waals surface area contributed by atoms with Gasteiger partial charge >= 0.3 is 0 Å². The van der Waals surface area contributed by atoms with Crippen LogP contribution in [0.25, 0.3) is 0 Å². The molecule has 1 amide bonds. The average Bonchev–Trinajstić information content (AvgIpc) is 2.62.